The van der Waals surface area contributed by atoms with E-state index in [1.165, 1.54) is 0 Å². The zero-order valence-corrected chi connectivity index (χ0v) is 8.91. The highest BCUT2D eigenvalue weighted by Gasteiger charge is 2.54. The van der Waals surface area contributed by atoms with E-state index >= 15 is 0 Å². The maximum Gasteiger partial charge on any atom is 0.330 e. The van der Waals surface area contributed by atoms with Gasteiger partial charge in [-0.25, -0.2) is 0 Å². The summed E-state index contributed by atoms with van der Waals surface area (Å²) in [5.74, 6) is -2.11. The molecule has 0 bridgehead atoms. The average molecular weight is 210 g/mol. The van der Waals surface area contributed by atoms with E-state index in [1.54, 1.807) is 19.9 Å². The molecule has 0 amide bonds. The number of cyclic esters (lactones) is 2. The van der Waals surface area contributed by atoms with Gasteiger partial charge in [0.25, 0.3) is 5.79 Å². The molecule has 82 valence electrons. The molecule has 0 unspecified atom stereocenters. The number of allylic oxidation sites excluding steroid dienone is 1. The summed E-state index contributed by atoms with van der Waals surface area (Å²) in [5.41, 5.74) is -1.17. The van der Waals surface area contributed by atoms with Gasteiger partial charge in [-0.1, -0.05) is 12.2 Å². The van der Waals surface area contributed by atoms with Gasteiger partial charge in [-0.05, 0) is 19.3 Å². The maximum atomic E-state index is 11.8. The molecular formula is C11H14O4. The molecule has 1 fully saturated rings. The first-order valence-corrected chi connectivity index (χ1v) is 5.11. The molecule has 0 N–H and O–H groups in total. The first-order valence-electron chi connectivity index (χ1n) is 5.11. The lowest BCUT2D eigenvalue weighted by atomic mass is 9.78. The van der Waals surface area contributed by atoms with Crippen molar-refractivity contribution in [3.05, 3.63) is 12.2 Å². The van der Waals surface area contributed by atoms with Crippen LogP contribution >= 0.6 is 0 Å². The summed E-state index contributed by atoms with van der Waals surface area (Å²) in [4.78, 5) is 23.6. The summed E-state index contributed by atoms with van der Waals surface area (Å²) in [6.07, 6.45) is 5.64. The molecule has 0 aromatic rings. The second kappa shape index (κ2) is 3.08. The molecule has 0 saturated carbocycles. The number of hydrogen-bond donors (Lipinski definition) is 0. The van der Waals surface area contributed by atoms with E-state index in [9.17, 15) is 9.59 Å². The number of rotatable bonds is 0. The Morgan fingerprint density at radius 1 is 1.20 bits per heavy atom. The number of esters is 2. The number of carbonyl (C=O) groups is 2. The molecule has 4 heteroatoms. The lowest BCUT2D eigenvalue weighted by Crippen LogP contribution is -2.53. The van der Waals surface area contributed by atoms with E-state index in [0.29, 0.717) is 6.42 Å². The van der Waals surface area contributed by atoms with Crippen molar-refractivity contribution >= 4 is 11.9 Å². The summed E-state index contributed by atoms with van der Waals surface area (Å²) in [7, 11) is 0. The van der Waals surface area contributed by atoms with E-state index in [-0.39, 0.29) is 0 Å². The highest BCUT2D eigenvalue weighted by Crippen LogP contribution is 2.39. The van der Waals surface area contributed by atoms with Gasteiger partial charge in [-0.15, -0.1) is 0 Å². The minimum absolute atomic E-state index is 0.483. The highest BCUT2D eigenvalue weighted by atomic mass is 16.7. The number of ether oxygens (including phenoxy) is 2. The standard InChI is InChI=1S/C11H14O4/c1-10(2)14-8(12)11(9(13)15-10)6-4-3-5-7-11/h4,6H,3,5,7H2,1-2H3. The van der Waals surface area contributed by atoms with Gasteiger partial charge in [0, 0.05) is 13.8 Å². The van der Waals surface area contributed by atoms with Crippen molar-refractivity contribution in [2.45, 2.75) is 38.9 Å². The summed E-state index contributed by atoms with van der Waals surface area (Å²) in [6, 6.07) is 0. The summed E-state index contributed by atoms with van der Waals surface area (Å²) < 4.78 is 10.2. The Balaban J connectivity index is 2.34. The van der Waals surface area contributed by atoms with Crippen LogP contribution in [0.25, 0.3) is 0 Å². The Bertz CT molecular complexity index is 320. The molecule has 1 aliphatic carbocycles. The smallest absolute Gasteiger partial charge is 0.330 e. The van der Waals surface area contributed by atoms with Crippen LogP contribution in [-0.4, -0.2) is 17.7 Å². The summed E-state index contributed by atoms with van der Waals surface area (Å²) in [6.45, 7) is 3.12. The van der Waals surface area contributed by atoms with E-state index in [2.05, 4.69) is 0 Å². The van der Waals surface area contributed by atoms with Crippen LogP contribution in [0.2, 0.25) is 0 Å². The van der Waals surface area contributed by atoms with Gasteiger partial charge < -0.3 is 9.47 Å². The van der Waals surface area contributed by atoms with Crippen molar-refractivity contribution in [2.24, 2.45) is 5.41 Å². The third-order valence-electron chi connectivity index (χ3n) is 2.75. The predicted octanol–water partition coefficient (Wildman–Crippen LogP) is 1.55. The average Bonchev–Trinajstić information content (AvgIpc) is 2.15. The van der Waals surface area contributed by atoms with Crippen LogP contribution in [-0.2, 0) is 19.1 Å². The van der Waals surface area contributed by atoms with Crippen molar-refractivity contribution in [1.29, 1.82) is 0 Å². The molecule has 2 rings (SSSR count). The zero-order chi connectivity index (χ0) is 11.1. The molecule has 0 aromatic heterocycles. The van der Waals surface area contributed by atoms with E-state index in [1.807, 2.05) is 6.08 Å². The van der Waals surface area contributed by atoms with Crippen LogP contribution in [0.3, 0.4) is 0 Å². The van der Waals surface area contributed by atoms with Gasteiger partial charge in [0.2, 0.25) is 0 Å². The minimum atomic E-state index is -1.17. The Hall–Kier alpha value is -1.32. The lowest BCUT2D eigenvalue weighted by molar-refractivity contribution is -0.247. The van der Waals surface area contributed by atoms with Crippen molar-refractivity contribution < 1.29 is 19.1 Å². The number of hydrogen-bond acceptors (Lipinski definition) is 4. The Labute approximate surface area is 88.2 Å². The van der Waals surface area contributed by atoms with Crippen LogP contribution in [0, 0.1) is 5.41 Å². The van der Waals surface area contributed by atoms with Gasteiger partial charge in [0.15, 0.2) is 5.41 Å². The van der Waals surface area contributed by atoms with E-state index < -0.39 is 23.1 Å². The van der Waals surface area contributed by atoms with Crippen LogP contribution in [0.5, 0.6) is 0 Å². The normalized spacial score (nSPS) is 27.3. The molecule has 0 radical (unpaired) electrons. The monoisotopic (exact) mass is 210 g/mol. The van der Waals surface area contributed by atoms with Crippen molar-refractivity contribution in [3.8, 4) is 0 Å². The third kappa shape index (κ3) is 1.54. The van der Waals surface area contributed by atoms with Gasteiger partial charge in [-0.3, -0.25) is 9.59 Å². The fraction of sp³-hybridized carbons (Fsp3) is 0.636. The summed E-state index contributed by atoms with van der Waals surface area (Å²) in [5, 5.41) is 0. The molecule has 1 spiro atoms. The van der Waals surface area contributed by atoms with Crippen molar-refractivity contribution in [3.63, 3.8) is 0 Å². The predicted molar refractivity (Wildman–Crippen MR) is 51.7 cm³/mol. The Morgan fingerprint density at radius 3 is 2.27 bits per heavy atom. The van der Waals surface area contributed by atoms with Gasteiger partial charge in [0.05, 0.1) is 0 Å². The van der Waals surface area contributed by atoms with Crippen molar-refractivity contribution in [2.75, 3.05) is 0 Å². The summed E-state index contributed by atoms with van der Waals surface area (Å²) >= 11 is 0. The molecular weight excluding hydrogens is 196 g/mol. The SMILES string of the molecule is CC1(C)OC(=O)C2(C=CCCC2)C(=O)O1. The van der Waals surface area contributed by atoms with E-state index in [4.69, 9.17) is 9.47 Å². The molecule has 1 saturated heterocycles. The second-order valence-corrected chi connectivity index (χ2v) is 4.44. The quantitative estimate of drug-likeness (QED) is 0.346. The fourth-order valence-electron chi connectivity index (χ4n) is 1.94. The second-order valence-electron chi connectivity index (χ2n) is 4.44. The maximum absolute atomic E-state index is 11.8. The van der Waals surface area contributed by atoms with Gasteiger partial charge in [-0.2, -0.15) is 0 Å². The van der Waals surface area contributed by atoms with Crippen molar-refractivity contribution in [1.82, 2.24) is 0 Å². The largest absolute Gasteiger partial charge is 0.422 e. The van der Waals surface area contributed by atoms with Gasteiger partial charge in [0.1, 0.15) is 0 Å². The Kier molecular flexibility index (Phi) is 2.10. The minimum Gasteiger partial charge on any atom is -0.422 e. The highest BCUT2D eigenvalue weighted by molar-refractivity contribution is 6.03. The molecule has 0 aromatic carbocycles. The first kappa shape index (κ1) is 10.2. The topological polar surface area (TPSA) is 52.6 Å². The number of carbonyl (C=O) groups excluding carboxylic acids is 2. The van der Waals surface area contributed by atoms with Crippen LogP contribution in [0.4, 0.5) is 0 Å². The van der Waals surface area contributed by atoms with Crippen LogP contribution < -0.4 is 0 Å². The fourth-order valence-corrected chi connectivity index (χ4v) is 1.94. The molecule has 0 atom stereocenters. The molecule has 1 aliphatic heterocycles. The zero-order valence-electron chi connectivity index (χ0n) is 8.91. The first-order chi connectivity index (χ1) is 6.96. The molecule has 2 aliphatic rings. The lowest BCUT2D eigenvalue weighted by Gasteiger charge is -2.39. The van der Waals surface area contributed by atoms with Crippen LogP contribution in [0.1, 0.15) is 33.1 Å². The van der Waals surface area contributed by atoms with E-state index in [0.717, 1.165) is 12.8 Å². The van der Waals surface area contributed by atoms with Gasteiger partial charge >= 0.3 is 11.9 Å². The molecule has 1 heterocycles. The molecule has 4 nitrogen and oxygen atoms in total. The Morgan fingerprint density at radius 2 is 1.80 bits per heavy atom. The molecule has 15 heavy (non-hydrogen) atoms. The van der Waals surface area contributed by atoms with Crippen LogP contribution in [0.15, 0.2) is 12.2 Å². The third-order valence-corrected chi connectivity index (χ3v) is 2.75.